The highest BCUT2D eigenvalue weighted by atomic mass is 32.1. The zero-order valence-corrected chi connectivity index (χ0v) is 22.7. The molecule has 1 atom stereocenters. The molecule has 1 fully saturated rings. The predicted molar refractivity (Wildman–Crippen MR) is 159 cm³/mol. The molecule has 1 aliphatic heterocycles. The molecule has 2 heterocycles. The molecule has 1 saturated heterocycles. The summed E-state index contributed by atoms with van der Waals surface area (Å²) in [6, 6.07) is 37.9. The highest BCUT2D eigenvalue weighted by molar-refractivity contribution is 7.21. The van der Waals surface area contributed by atoms with Gasteiger partial charge >= 0.3 is 0 Å². The van der Waals surface area contributed by atoms with Gasteiger partial charge in [-0.2, -0.15) is 0 Å². The number of aliphatic hydroxyl groups excluding tert-OH is 1. The third-order valence-corrected chi connectivity index (χ3v) is 8.38. The van der Waals surface area contributed by atoms with Crippen molar-refractivity contribution in [2.45, 2.75) is 12.1 Å². The molecule has 198 valence electrons. The molecule has 0 saturated carbocycles. The van der Waals surface area contributed by atoms with E-state index in [1.165, 1.54) is 11.1 Å². The second-order valence-corrected chi connectivity index (χ2v) is 11.0. The van der Waals surface area contributed by atoms with Crippen molar-refractivity contribution in [3.05, 3.63) is 120 Å². The van der Waals surface area contributed by atoms with Gasteiger partial charge in [-0.15, -0.1) is 11.3 Å². The highest BCUT2D eigenvalue weighted by Crippen LogP contribution is 2.35. The standard InChI is InChI=1S/C33H33N3O2S/c37-27(24-38-30-17-9-7-15-28(30)33-34-29-16-8-10-18-31(29)39-33)23-35-19-21-36(22-20-35)32(25-11-3-1-4-12-25)26-13-5-2-6-14-26/h1-18,27,32,37H,19-24H2. The topological polar surface area (TPSA) is 48.8 Å². The molecule has 5 nitrogen and oxygen atoms in total. The summed E-state index contributed by atoms with van der Waals surface area (Å²) in [6.07, 6.45) is -0.570. The van der Waals surface area contributed by atoms with Crippen LogP contribution in [0.25, 0.3) is 20.8 Å². The number of fused-ring (bicyclic) bond motifs is 1. The van der Waals surface area contributed by atoms with Crippen molar-refractivity contribution in [2.24, 2.45) is 0 Å². The molecular weight excluding hydrogens is 502 g/mol. The molecule has 0 spiro atoms. The van der Waals surface area contributed by atoms with E-state index >= 15 is 0 Å². The van der Waals surface area contributed by atoms with Gasteiger partial charge in [-0.1, -0.05) is 84.9 Å². The lowest BCUT2D eigenvalue weighted by molar-refractivity contribution is 0.0402. The average Bonchev–Trinajstić information content (AvgIpc) is 3.43. The molecule has 1 aromatic heterocycles. The Morgan fingerprint density at radius 2 is 1.36 bits per heavy atom. The first-order valence-electron chi connectivity index (χ1n) is 13.6. The fourth-order valence-electron chi connectivity index (χ4n) is 5.38. The maximum atomic E-state index is 10.9. The van der Waals surface area contributed by atoms with Crippen molar-refractivity contribution in [1.82, 2.24) is 14.8 Å². The van der Waals surface area contributed by atoms with E-state index in [0.717, 1.165) is 52.7 Å². The third-order valence-electron chi connectivity index (χ3n) is 7.31. The molecule has 39 heavy (non-hydrogen) atoms. The average molecular weight is 536 g/mol. The molecule has 1 N–H and O–H groups in total. The van der Waals surface area contributed by atoms with Gasteiger partial charge in [0.15, 0.2) is 0 Å². The summed E-state index contributed by atoms with van der Waals surface area (Å²) in [5.74, 6) is 0.758. The number of rotatable bonds is 9. The van der Waals surface area contributed by atoms with Crippen molar-refractivity contribution in [3.8, 4) is 16.3 Å². The summed E-state index contributed by atoms with van der Waals surface area (Å²) in [5.41, 5.74) is 4.59. The molecule has 1 aliphatic rings. The smallest absolute Gasteiger partial charge is 0.129 e. The summed E-state index contributed by atoms with van der Waals surface area (Å²) in [5, 5.41) is 11.8. The van der Waals surface area contributed by atoms with E-state index < -0.39 is 6.10 Å². The fraction of sp³-hybridized carbons (Fsp3) is 0.242. The van der Waals surface area contributed by atoms with E-state index in [-0.39, 0.29) is 12.6 Å². The van der Waals surface area contributed by atoms with E-state index in [9.17, 15) is 5.11 Å². The molecule has 0 amide bonds. The summed E-state index contributed by atoms with van der Waals surface area (Å²) in [6.45, 7) is 4.56. The number of thiazole rings is 1. The van der Waals surface area contributed by atoms with Gasteiger partial charge in [0.2, 0.25) is 0 Å². The number of aromatic nitrogens is 1. The lowest BCUT2D eigenvalue weighted by atomic mass is 9.96. The number of benzene rings is 4. The Morgan fingerprint density at radius 1 is 0.744 bits per heavy atom. The van der Waals surface area contributed by atoms with Crippen LogP contribution in [0.1, 0.15) is 17.2 Å². The van der Waals surface area contributed by atoms with Crippen LogP contribution in [0.15, 0.2) is 109 Å². The van der Waals surface area contributed by atoms with Crippen LogP contribution in [0.5, 0.6) is 5.75 Å². The molecular formula is C33H33N3O2S. The SMILES string of the molecule is OC(COc1ccccc1-c1nc2ccccc2s1)CN1CCN(C(c2ccccc2)c2ccccc2)CC1. The lowest BCUT2D eigenvalue weighted by Gasteiger charge is -2.40. The van der Waals surface area contributed by atoms with Crippen LogP contribution in [-0.2, 0) is 0 Å². The predicted octanol–water partition coefficient (Wildman–Crippen LogP) is 6.11. The zero-order chi connectivity index (χ0) is 26.4. The van der Waals surface area contributed by atoms with Crippen LogP contribution in [-0.4, -0.2) is 65.3 Å². The van der Waals surface area contributed by atoms with Gasteiger partial charge in [0.1, 0.15) is 23.5 Å². The van der Waals surface area contributed by atoms with E-state index in [4.69, 9.17) is 9.72 Å². The van der Waals surface area contributed by atoms with Crippen molar-refractivity contribution >= 4 is 21.6 Å². The van der Waals surface area contributed by atoms with Crippen LogP contribution < -0.4 is 4.74 Å². The second-order valence-electron chi connectivity index (χ2n) is 10.0. The molecule has 0 radical (unpaired) electrons. The van der Waals surface area contributed by atoms with Crippen LogP contribution >= 0.6 is 11.3 Å². The van der Waals surface area contributed by atoms with E-state index in [1.54, 1.807) is 11.3 Å². The van der Waals surface area contributed by atoms with Crippen molar-refractivity contribution in [2.75, 3.05) is 39.3 Å². The Hall–Kier alpha value is -3.55. The Labute approximate surface area is 233 Å². The van der Waals surface area contributed by atoms with Gasteiger partial charge in [0.05, 0.1) is 21.8 Å². The first-order chi connectivity index (χ1) is 19.2. The quantitative estimate of drug-likeness (QED) is 0.247. The minimum Gasteiger partial charge on any atom is -0.490 e. The summed E-state index contributed by atoms with van der Waals surface area (Å²) in [4.78, 5) is 9.69. The Kier molecular flexibility index (Phi) is 7.98. The number of β-amino-alcohol motifs (C(OH)–C–C–N with tert-alkyl or cyclic N) is 1. The minimum atomic E-state index is -0.570. The summed E-state index contributed by atoms with van der Waals surface area (Å²) >= 11 is 1.66. The van der Waals surface area contributed by atoms with Gasteiger partial charge in [-0.25, -0.2) is 4.98 Å². The molecule has 5 aromatic rings. The van der Waals surface area contributed by atoms with Crippen LogP contribution in [0.4, 0.5) is 0 Å². The van der Waals surface area contributed by atoms with Gasteiger partial charge < -0.3 is 9.84 Å². The van der Waals surface area contributed by atoms with Gasteiger partial charge in [0, 0.05) is 32.7 Å². The van der Waals surface area contributed by atoms with Crippen molar-refractivity contribution in [3.63, 3.8) is 0 Å². The van der Waals surface area contributed by atoms with Gasteiger partial charge in [0.25, 0.3) is 0 Å². The van der Waals surface area contributed by atoms with Crippen LogP contribution in [0.3, 0.4) is 0 Å². The highest BCUT2D eigenvalue weighted by Gasteiger charge is 2.27. The van der Waals surface area contributed by atoms with Crippen molar-refractivity contribution in [1.29, 1.82) is 0 Å². The second kappa shape index (κ2) is 12.1. The number of aliphatic hydroxyl groups is 1. The zero-order valence-electron chi connectivity index (χ0n) is 21.9. The fourth-order valence-corrected chi connectivity index (χ4v) is 6.38. The normalized spacial score (nSPS) is 15.5. The van der Waals surface area contributed by atoms with Gasteiger partial charge in [-0.05, 0) is 35.4 Å². The molecule has 0 aliphatic carbocycles. The van der Waals surface area contributed by atoms with E-state index in [0.29, 0.717) is 6.54 Å². The number of hydrogen-bond acceptors (Lipinski definition) is 6. The largest absolute Gasteiger partial charge is 0.490 e. The molecule has 0 bridgehead atoms. The summed E-state index contributed by atoms with van der Waals surface area (Å²) < 4.78 is 7.30. The Morgan fingerprint density at radius 3 is 2.05 bits per heavy atom. The first kappa shape index (κ1) is 25.7. The maximum Gasteiger partial charge on any atom is 0.129 e. The van der Waals surface area contributed by atoms with Gasteiger partial charge in [-0.3, -0.25) is 9.80 Å². The third kappa shape index (κ3) is 6.05. The monoisotopic (exact) mass is 535 g/mol. The van der Waals surface area contributed by atoms with Crippen molar-refractivity contribution < 1.29 is 9.84 Å². The summed E-state index contributed by atoms with van der Waals surface area (Å²) in [7, 11) is 0. The number of hydrogen-bond donors (Lipinski definition) is 1. The first-order valence-corrected chi connectivity index (χ1v) is 14.4. The van der Waals surface area contributed by atoms with E-state index in [1.807, 2.05) is 42.5 Å². The molecule has 6 rings (SSSR count). The Bertz CT molecular complexity index is 1410. The minimum absolute atomic E-state index is 0.238. The molecule has 4 aromatic carbocycles. The number of ether oxygens (including phenoxy) is 1. The number of piperazine rings is 1. The maximum absolute atomic E-state index is 10.9. The number of para-hydroxylation sites is 2. The lowest BCUT2D eigenvalue weighted by Crippen LogP contribution is -2.50. The molecule has 6 heteroatoms. The number of nitrogens with zero attached hydrogens (tertiary/aromatic N) is 3. The Balaban J connectivity index is 1.06. The van der Waals surface area contributed by atoms with E-state index in [2.05, 4.69) is 76.5 Å². The van der Waals surface area contributed by atoms with Crippen LogP contribution in [0.2, 0.25) is 0 Å². The van der Waals surface area contributed by atoms with Crippen LogP contribution in [0, 0.1) is 0 Å². The molecule has 1 unspecified atom stereocenters.